The molecule has 2 rings (SSSR count). The predicted octanol–water partition coefficient (Wildman–Crippen LogP) is 2.96. The van der Waals surface area contributed by atoms with E-state index < -0.39 is 0 Å². The van der Waals surface area contributed by atoms with Crippen LogP contribution in [0.4, 0.5) is 5.69 Å². The second-order valence-electron chi connectivity index (χ2n) is 3.83. The van der Waals surface area contributed by atoms with Crippen molar-refractivity contribution in [1.29, 1.82) is 0 Å². The molecule has 16 heavy (non-hydrogen) atoms. The average Bonchev–Trinajstić information content (AvgIpc) is 2.27. The standard InChI is InChI=1S/C12H14Cl2N2/c1-2-11-8-15-3-4-16(11)12-6-9(13)5-10(14)7-12/h2,5-7,11,15H,1,3-4,8H2/t11-/m1/s1. The van der Waals surface area contributed by atoms with Crippen LogP contribution < -0.4 is 10.2 Å². The van der Waals surface area contributed by atoms with Gasteiger partial charge in [-0.05, 0) is 18.2 Å². The average molecular weight is 257 g/mol. The molecule has 1 atom stereocenters. The maximum atomic E-state index is 6.01. The molecule has 0 radical (unpaired) electrons. The molecule has 0 bridgehead atoms. The van der Waals surface area contributed by atoms with Crippen molar-refractivity contribution in [3.63, 3.8) is 0 Å². The first kappa shape index (κ1) is 11.8. The van der Waals surface area contributed by atoms with Crippen molar-refractivity contribution < 1.29 is 0 Å². The normalized spacial score (nSPS) is 20.9. The highest BCUT2D eigenvalue weighted by atomic mass is 35.5. The van der Waals surface area contributed by atoms with Crippen LogP contribution in [-0.4, -0.2) is 25.7 Å². The van der Waals surface area contributed by atoms with Crippen LogP contribution in [-0.2, 0) is 0 Å². The molecule has 1 aromatic carbocycles. The first-order chi connectivity index (χ1) is 7.70. The van der Waals surface area contributed by atoms with E-state index in [-0.39, 0.29) is 0 Å². The third kappa shape index (κ3) is 2.51. The molecule has 0 unspecified atom stereocenters. The Kier molecular flexibility index (Phi) is 3.74. The monoisotopic (exact) mass is 256 g/mol. The van der Waals surface area contributed by atoms with Crippen molar-refractivity contribution in [2.45, 2.75) is 6.04 Å². The Bertz CT molecular complexity index is 372. The summed E-state index contributed by atoms with van der Waals surface area (Å²) >= 11 is 12.0. The van der Waals surface area contributed by atoms with Gasteiger partial charge in [0, 0.05) is 35.4 Å². The minimum Gasteiger partial charge on any atom is -0.362 e. The van der Waals surface area contributed by atoms with Gasteiger partial charge in [-0.2, -0.15) is 0 Å². The fraction of sp³-hybridized carbons (Fsp3) is 0.333. The van der Waals surface area contributed by atoms with Crippen molar-refractivity contribution in [2.75, 3.05) is 24.5 Å². The van der Waals surface area contributed by atoms with E-state index in [4.69, 9.17) is 23.2 Å². The summed E-state index contributed by atoms with van der Waals surface area (Å²) in [5.74, 6) is 0. The second kappa shape index (κ2) is 5.09. The van der Waals surface area contributed by atoms with Crippen LogP contribution in [0.1, 0.15) is 0 Å². The van der Waals surface area contributed by atoms with Crippen molar-refractivity contribution in [3.8, 4) is 0 Å². The van der Waals surface area contributed by atoms with E-state index >= 15 is 0 Å². The van der Waals surface area contributed by atoms with Crippen LogP contribution >= 0.6 is 23.2 Å². The van der Waals surface area contributed by atoms with Crippen LogP contribution in [0.2, 0.25) is 10.0 Å². The molecule has 1 fully saturated rings. The van der Waals surface area contributed by atoms with Crippen LogP contribution in [0.25, 0.3) is 0 Å². The highest BCUT2D eigenvalue weighted by Gasteiger charge is 2.20. The van der Waals surface area contributed by atoms with Gasteiger partial charge < -0.3 is 10.2 Å². The molecule has 0 aromatic heterocycles. The maximum absolute atomic E-state index is 6.01. The number of anilines is 1. The van der Waals surface area contributed by atoms with Gasteiger partial charge >= 0.3 is 0 Å². The molecular formula is C12H14Cl2N2. The van der Waals surface area contributed by atoms with Gasteiger partial charge in [-0.1, -0.05) is 29.3 Å². The SMILES string of the molecule is C=C[C@@H]1CNCCN1c1cc(Cl)cc(Cl)c1. The molecular weight excluding hydrogens is 243 g/mol. The van der Waals surface area contributed by atoms with E-state index in [1.165, 1.54) is 0 Å². The van der Waals surface area contributed by atoms with E-state index in [2.05, 4.69) is 16.8 Å². The Balaban J connectivity index is 2.30. The smallest absolute Gasteiger partial charge is 0.0595 e. The first-order valence-corrected chi connectivity index (χ1v) is 6.02. The molecule has 0 aliphatic carbocycles. The summed E-state index contributed by atoms with van der Waals surface area (Å²) in [7, 11) is 0. The van der Waals surface area contributed by atoms with Crippen LogP contribution in [0.5, 0.6) is 0 Å². The Hall–Kier alpha value is -0.700. The summed E-state index contributed by atoms with van der Waals surface area (Å²) in [4.78, 5) is 2.27. The lowest BCUT2D eigenvalue weighted by Gasteiger charge is -2.36. The molecule has 0 saturated carbocycles. The number of nitrogens with zero attached hydrogens (tertiary/aromatic N) is 1. The third-order valence-electron chi connectivity index (χ3n) is 2.73. The largest absolute Gasteiger partial charge is 0.362 e. The van der Waals surface area contributed by atoms with Gasteiger partial charge in [-0.25, -0.2) is 0 Å². The summed E-state index contributed by atoms with van der Waals surface area (Å²) in [6, 6.07) is 5.92. The molecule has 4 heteroatoms. The highest BCUT2D eigenvalue weighted by molar-refractivity contribution is 6.35. The number of piperazine rings is 1. The lowest BCUT2D eigenvalue weighted by atomic mass is 10.1. The molecule has 1 aliphatic rings. The number of nitrogens with one attached hydrogen (secondary N) is 1. The van der Waals surface area contributed by atoms with Gasteiger partial charge in [-0.15, -0.1) is 6.58 Å². The number of halogens is 2. The summed E-state index contributed by atoms with van der Waals surface area (Å²) in [6.45, 7) is 6.67. The second-order valence-corrected chi connectivity index (χ2v) is 4.70. The zero-order valence-corrected chi connectivity index (χ0v) is 10.4. The maximum Gasteiger partial charge on any atom is 0.0595 e. The number of rotatable bonds is 2. The van der Waals surface area contributed by atoms with Crippen LogP contribution in [0.3, 0.4) is 0 Å². The molecule has 0 amide bonds. The quantitative estimate of drug-likeness (QED) is 0.819. The highest BCUT2D eigenvalue weighted by Crippen LogP contribution is 2.27. The Morgan fingerprint density at radius 3 is 2.62 bits per heavy atom. The van der Waals surface area contributed by atoms with Crippen molar-refractivity contribution >= 4 is 28.9 Å². The van der Waals surface area contributed by atoms with E-state index in [1.54, 1.807) is 6.07 Å². The fourth-order valence-electron chi connectivity index (χ4n) is 1.96. The summed E-state index contributed by atoms with van der Waals surface area (Å²) in [5.41, 5.74) is 1.06. The van der Waals surface area contributed by atoms with Crippen molar-refractivity contribution in [1.82, 2.24) is 5.32 Å². The molecule has 2 nitrogen and oxygen atoms in total. The number of benzene rings is 1. The molecule has 1 aliphatic heterocycles. The zero-order valence-electron chi connectivity index (χ0n) is 8.92. The van der Waals surface area contributed by atoms with Crippen LogP contribution in [0.15, 0.2) is 30.9 Å². The molecule has 1 saturated heterocycles. The topological polar surface area (TPSA) is 15.3 Å². The molecule has 1 aromatic rings. The van der Waals surface area contributed by atoms with Gasteiger partial charge in [0.05, 0.1) is 6.04 Å². The lowest BCUT2D eigenvalue weighted by molar-refractivity contribution is 0.530. The van der Waals surface area contributed by atoms with Crippen molar-refractivity contribution in [3.05, 3.63) is 40.9 Å². The van der Waals surface area contributed by atoms with E-state index in [9.17, 15) is 0 Å². The van der Waals surface area contributed by atoms with E-state index in [0.29, 0.717) is 16.1 Å². The summed E-state index contributed by atoms with van der Waals surface area (Å²) < 4.78 is 0. The fourth-order valence-corrected chi connectivity index (χ4v) is 2.48. The zero-order chi connectivity index (χ0) is 11.5. The number of hydrogen-bond donors (Lipinski definition) is 1. The molecule has 1 heterocycles. The van der Waals surface area contributed by atoms with Gasteiger partial charge in [0.25, 0.3) is 0 Å². The van der Waals surface area contributed by atoms with Gasteiger partial charge in [0.2, 0.25) is 0 Å². The minimum atomic E-state index is 0.295. The van der Waals surface area contributed by atoms with Crippen molar-refractivity contribution in [2.24, 2.45) is 0 Å². The Morgan fingerprint density at radius 1 is 1.31 bits per heavy atom. The Labute approximate surface area is 106 Å². The summed E-state index contributed by atoms with van der Waals surface area (Å²) in [5, 5.41) is 4.68. The Morgan fingerprint density at radius 2 is 2.00 bits per heavy atom. The van der Waals surface area contributed by atoms with Crippen LogP contribution in [0, 0.1) is 0 Å². The number of hydrogen-bond acceptors (Lipinski definition) is 2. The molecule has 0 spiro atoms. The van der Waals surface area contributed by atoms with Gasteiger partial charge in [0.15, 0.2) is 0 Å². The van der Waals surface area contributed by atoms with Gasteiger partial charge in [-0.3, -0.25) is 0 Å². The summed E-state index contributed by atoms with van der Waals surface area (Å²) in [6.07, 6.45) is 1.95. The third-order valence-corrected chi connectivity index (χ3v) is 3.17. The molecule has 1 N–H and O–H groups in total. The minimum absolute atomic E-state index is 0.295. The molecule has 86 valence electrons. The van der Waals surface area contributed by atoms with Gasteiger partial charge in [0.1, 0.15) is 0 Å². The van der Waals surface area contributed by atoms with E-state index in [1.807, 2.05) is 18.2 Å². The van der Waals surface area contributed by atoms with E-state index in [0.717, 1.165) is 25.3 Å². The predicted molar refractivity (Wildman–Crippen MR) is 70.7 cm³/mol. The first-order valence-electron chi connectivity index (χ1n) is 5.26. The lowest BCUT2D eigenvalue weighted by Crippen LogP contribution is -2.50.